The molecular weight excluding hydrogens is 390 g/mol. The molecule has 2 N–H and O–H groups in total. The predicted molar refractivity (Wildman–Crippen MR) is 119 cm³/mol. The zero-order valence-electron chi connectivity index (χ0n) is 15.1. The SMILES string of the molecule is NCCn1ccc2ccc3c(=O)n(Cc4sc5ccccc5c4Cl)ccc3c21. The molecule has 3 heterocycles. The van der Waals surface area contributed by atoms with Crippen molar-refractivity contribution in [2.24, 2.45) is 5.73 Å². The molecule has 140 valence electrons. The minimum absolute atomic E-state index is 0.00609. The Morgan fingerprint density at radius 1 is 0.929 bits per heavy atom. The monoisotopic (exact) mass is 407 g/mol. The van der Waals surface area contributed by atoms with E-state index in [-0.39, 0.29) is 5.56 Å². The third-order valence-corrected chi connectivity index (χ3v) is 6.87. The summed E-state index contributed by atoms with van der Waals surface area (Å²) in [6, 6.07) is 16.1. The van der Waals surface area contributed by atoms with Gasteiger partial charge in [0.25, 0.3) is 5.56 Å². The largest absolute Gasteiger partial charge is 0.346 e. The number of benzene rings is 2. The number of hydrogen-bond donors (Lipinski definition) is 1. The van der Waals surface area contributed by atoms with Crippen LogP contribution in [0.25, 0.3) is 31.8 Å². The van der Waals surface area contributed by atoms with E-state index in [2.05, 4.69) is 16.7 Å². The molecule has 6 heteroatoms. The Labute approximate surface area is 170 Å². The van der Waals surface area contributed by atoms with Crippen molar-refractivity contribution in [3.63, 3.8) is 0 Å². The van der Waals surface area contributed by atoms with Crippen LogP contribution in [0.4, 0.5) is 0 Å². The summed E-state index contributed by atoms with van der Waals surface area (Å²) in [5.41, 5.74) is 6.80. The second kappa shape index (κ2) is 6.78. The minimum Gasteiger partial charge on any atom is -0.346 e. The van der Waals surface area contributed by atoms with Crippen LogP contribution >= 0.6 is 22.9 Å². The van der Waals surface area contributed by atoms with Gasteiger partial charge >= 0.3 is 0 Å². The van der Waals surface area contributed by atoms with Crippen LogP contribution in [-0.2, 0) is 13.1 Å². The molecule has 5 rings (SSSR count). The van der Waals surface area contributed by atoms with E-state index in [1.54, 1.807) is 15.9 Å². The van der Waals surface area contributed by atoms with E-state index in [9.17, 15) is 4.79 Å². The summed E-state index contributed by atoms with van der Waals surface area (Å²) in [6.07, 6.45) is 3.89. The first-order valence-electron chi connectivity index (χ1n) is 9.14. The molecule has 0 amide bonds. The summed E-state index contributed by atoms with van der Waals surface area (Å²) in [7, 11) is 0. The highest BCUT2D eigenvalue weighted by molar-refractivity contribution is 7.19. The first-order valence-corrected chi connectivity index (χ1v) is 10.3. The molecule has 2 aromatic carbocycles. The summed E-state index contributed by atoms with van der Waals surface area (Å²) in [6.45, 7) is 1.75. The molecule has 0 unspecified atom stereocenters. The van der Waals surface area contributed by atoms with Gasteiger partial charge in [0.1, 0.15) is 0 Å². The highest BCUT2D eigenvalue weighted by Crippen LogP contribution is 2.35. The van der Waals surface area contributed by atoms with Gasteiger partial charge in [0.05, 0.1) is 17.1 Å². The fraction of sp³-hybridized carbons (Fsp3) is 0.136. The lowest BCUT2D eigenvalue weighted by Gasteiger charge is -2.10. The van der Waals surface area contributed by atoms with E-state index in [0.29, 0.717) is 18.5 Å². The third-order valence-electron chi connectivity index (χ3n) is 5.17. The smallest absolute Gasteiger partial charge is 0.258 e. The van der Waals surface area contributed by atoms with Crippen LogP contribution in [0.1, 0.15) is 4.88 Å². The van der Waals surface area contributed by atoms with E-state index in [4.69, 9.17) is 17.3 Å². The number of thiophene rings is 1. The Bertz CT molecular complexity index is 1400. The van der Waals surface area contributed by atoms with Crippen LogP contribution in [0.15, 0.2) is 65.7 Å². The molecule has 4 nitrogen and oxygen atoms in total. The normalized spacial score (nSPS) is 11.8. The summed E-state index contributed by atoms with van der Waals surface area (Å²) in [5, 5.41) is 4.56. The van der Waals surface area contributed by atoms with Gasteiger partial charge in [-0.05, 0) is 24.3 Å². The molecule has 0 aliphatic carbocycles. The van der Waals surface area contributed by atoms with Gasteiger partial charge in [-0.25, -0.2) is 0 Å². The average molecular weight is 408 g/mol. The third kappa shape index (κ3) is 2.66. The van der Waals surface area contributed by atoms with Crippen molar-refractivity contribution in [2.45, 2.75) is 13.1 Å². The van der Waals surface area contributed by atoms with Crippen LogP contribution in [-0.4, -0.2) is 15.7 Å². The first-order chi connectivity index (χ1) is 13.7. The Hall–Kier alpha value is -2.60. The molecule has 5 aromatic rings. The van der Waals surface area contributed by atoms with Gasteiger partial charge < -0.3 is 14.9 Å². The van der Waals surface area contributed by atoms with Crippen LogP contribution in [0, 0.1) is 0 Å². The standard InChI is InChI=1S/C22H18ClN3OS/c23-20-17-3-1-2-4-18(17)28-19(20)13-26-11-8-15-16(22(26)27)6-5-14-7-10-25(12-9-24)21(14)15/h1-8,10-11H,9,12-13,24H2. The molecular formula is C22H18ClN3OS. The Kier molecular flexibility index (Phi) is 4.23. The topological polar surface area (TPSA) is 52.9 Å². The minimum atomic E-state index is -0.00609. The van der Waals surface area contributed by atoms with Crippen molar-refractivity contribution < 1.29 is 0 Å². The van der Waals surface area contributed by atoms with Crippen molar-refractivity contribution in [1.29, 1.82) is 0 Å². The van der Waals surface area contributed by atoms with E-state index in [0.717, 1.165) is 42.8 Å². The fourth-order valence-corrected chi connectivity index (χ4v) is 5.33. The molecule has 0 bridgehead atoms. The molecule has 0 aliphatic rings. The van der Waals surface area contributed by atoms with Gasteiger partial charge in [0.15, 0.2) is 0 Å². The lowest BCUT2D eigenvalue weighted by Crippen LogP contribution is -2.20. The van der Waals surface area contributed by atoms with Gasteiger partial charge in [-0.1, -0.05) is 35.9 Å². The maximum atomic E-state index is 13.2. The van der Waals surface area contributed by atoms with E-state index in [1.165, 1.54) is 0 Å². The number of rotatable bonds is 4. The van der Waals surface area contributed by atoms with Crippen LogP contribution in [0.2, 0.25) is 5.02 Å². The van der Waals surface area contributed by atoms with Crippen molar-refractivity contribution in [3.8, 4) is 0 Å². The number of hydrogen-bond acceptors (Lipinski definition) is 3. The van der Waals surface area contributed by atoms with Crippen LogP contribution in [0.3, 0.4) is 0 Å². The molecule has 0 saturated heterocycles. The molecule has 0 fully saturated rings. The lowest BCUT2D eigenvalue weighted by molar-refractivity contribution is 0.736. The van der Waals surface area contributed by atoms with Crippen LogP contribution in [0.5, 0.6) is 0 Å². The van der Waals surface area contributed by atoms with Gasteiger partial charge in [-0.3, -0.25) is 4.79 Å². The van der Waals surface area contributed by atoms with Gasteiger partial charge in [0, 0.05) is 56.6 Å². The first kappa shape index (κ1) is 17.5. The molecule has 3 aromatic heterocycles. The van der Waals surface area contributed by atoms with Gasteiger partial charge in [-0.2, -0.15) is 0 Å². The van der Waals surface area contributed by atoms with Gasteiger partial charge in [-0.15, -0.1) is 11.3 Å². The maximum Gasteiger partial charge on any atom is 0.258 e. The van der Waals surface area contributed by atoms with Crippen molar-refractivity contribution in [2.75, 3.05) is 6.54 Å². The fourth-order valence-electron chi connectivity index (χ4n) is 3.84. The Morgan fingerprint density at radius 3 is 2.57 bits per heavy atom. The van der Waals surface area contributed by atoms with E-state index < -0.39 is 0 Å². The zero-order valence-corrected chi connectivity index (χ0v) is 16.6. The van der Waals surface area contributed by atoms with Gasteiger partial charge in [0.2, 0.25) is 0 Å². The molecule has 0 radical (unpaired) electrons. The summed E-state index contributed by atoms with van der Waals surface area (Å²) < 4.78 is 4.99. The van der Waals surface area contributed by atoms with Crippen molar-refractivity contribution >= 4 is 54.7 Å². The molecule has 28 heavy (non-hydrogen) atoms. The van der Waals surface area contributed by atoms with Crippen LogP contribution < -0.4 is 11.3 Å². The van der Waals surface area contributed by atoms with Crippen molar-refractivity contribution in [1.82, 2.24) is 9.13 Å². The molecule has 0 saturated carbocycles. The van der Waals surface area contributed by atoms with E-state index >= 15 is 0 Å². The van der Waals surface area contributed by atoms with Crippen molar-refractivity contribution in [3.05, 3.63) is 81.2 Å². The number of pyridine rings is 1. The Morgan fingerprint density at radius 2 is 1.75 bits per heavy atom. The molecule has 0 aliphatic heterocycles. The highest BCUT2D eigenvalue weighted by Gasteiger charge is 2.13. The lowest BCUT2D eigenvalue weighted by atomic mass is 10.1. The second-order valence-corrected chi connectivity index (χ2v) is 8.36. The number of aromatic nitrogens is 2. The quantitative estimate of drug-likeness (QED) is 0.463. The number of nitrogens with zero attached hydrogens (tertiary/aromatic N) is 2. The number of nitrogens with two attached hydrogens (primary N) is 1. The van der Waals surface area contributed by atoms with E-state index in [1.807, 2.05) is 48.8 Å². The predicted octanol–water partition coefficient (Wildman–Crippen LogP) is 4.83. The Balaban J connectivity index is 1.65. The average Bonchev–Trinajstić information content (AvgIpc) is 3.26. The summed E-state index contributed by atoms with van der Waals surface area (Å²) in [4.78, 5) is 14.2. The summed E-state index contributed by atoms with van der Waals surface area (Å²) >= 11 is 8.21. The zero-order chi connectivity index (χ0) is 19.3. The molecule has 0 spiro atoms. The molecule has 0 atom stereocenters. The maximum absolute atomic E-state index is 13.2. The number of halogens is 1. The second-order valence-electron chi connectivity index (χ2n) is 6.85. The summed E-state index contributed by atoms with van der Waals surface area (Å²) in [5.74, 6) is 0. The highest BCUT2D eigenvalue weighted by atomic mass is 35.5. The number of fused-ring (bicyclic) bond motifs is 4.